The van der Waals surface area contributed by atoms with Crippen LogP contribution < -0.4 is 9.80 Å². The van der Waals surface area contributed by atoms with Crippen molar-refractivity contribution in [2.24, 2.45) is 0 Å². The number of hydrogen-bond acceptors (Lipinski definition) is 2. The fraction of sp³-hybridized carbons (Fsp3) is 0.182. The van der Waals surface area contributed by atoms with Crippen LogP contribution in [-0.4, -0.2) is 20.6 Å². The third-order valence-corrected chi connectivity index (χ3v) is 4.21. The summed E-state index contributed by atoms with van der Waals surface area (Å²) in [5.74, 6) is 0. The molecule has 24 heavy (non-hydrogen) atoms. The molecule has 0 atom stereocenters. The van der Waals surface area contributed by atoms with E-state index in [1.165, 1.54) is 11.3 Å². The molecule has 0 aliphatic carbocycles. The first-order valence-corrected chi connectivity index (χ1v) is 8.20. The summed E-state index contributed by atoms with van der Waals surface area (Å²) in [6.07, 6.45) is 5.87. The van der Waals surface area contributed by atoms with Gasteiger partial charge >= 0.3 is 0 Å². The third-order valence-electron chi connectivity index (χ3n) is 4.21. The zero-order valence-corrected chi connectivity index (χ0v) is 14.9. The Labute approximate surface area is 146 Å². The van der Waals surface area contributed by atoms with E-state index in [4.69, 9.17) is 0 Å². The molecular weight excluding hydrogens is 292 g/mol. The Bertz CT molecular complexity index is 729. The smallest absolute Gasteiger partial charge is 0.0438 e. The summed E-state index contributed by atoms with van der Waals surface area (Å²) in [6.45, 7) is 11.1. The van der Waals surface area contributed by atoms with Crippen molar-refractivity contribution in [1.82, 2.24) is 0 Å². The van der Waals surface area contributed by atoms with Gasteiger partial charge in [0.15, 0.2) is 0 Å². The van der Waals surface area contributed by atoms with E-state index in [9.17, 15) is 0 Å². The molecule has 0 bridgehead atoms. The predicted octanol–water partition coefficient (Wildman–Crippen LogP) is 5.45. The highest BCUT2D eigenvalue weighted by Crippen LogP contribution is 2.30. The predicted molar refractivity (Wildman–Crippen MR) is 108 cm³/mol. The van der Waals surface area contributed by atoms with Crippen LogP contribution in [0.4, 0.5) is 11.4 Å². The van der Waals surface area contributed by atoms with Crippen molar-refractivity contribution in [1.29, 1.82) is 0 Å². The fourth-order valence-electron chi connectivity index (χ4n) is 2.55. The molecule has 0 fully saturated rings. The van der Waals surface area contributed by atoms with E-state index in [-0.39, 0.29) is 0 Å². The minimum atomic E-state index is 0.959. The van der Waals surface area contributed by atoms with E-state index >= 15 is 0 Å². The van der Waals surface area contributed by atoms with Gasteiger partial charge in [-0.2, -0.15) is 0 Å². The molecule has 0 amide bonds. The standard InChI is InChI=1S/C22H26N2/c1-6-8-12-20-17-21(15-16-22(20)23(4)7-2)24(5)18(3)19-13-10-9-11-14-19/h6,8-17H,1,3,7H2,2,4-5H3/b12-8-. The Morgan fingerprint density at radius 1 is 1.08 bits per heavy atom. The van der Waals surface area contributed by atoms with Crippen LogP contribution in [-0.2, 0) is 0 Å². The maximum absolute atomic E-state index is 4.25. The summed E-state index contributed by atoms with van der Waals surface area (Å²) in [6, 6.07) is 16.7. The normalized spacial score (nSPS) is 10.6. The molecule has 2 aromatic carbocycles. The maximum Gasteiger partial charge on any atom is 0.0438 e. The molecular formula is C22H26N2. The van der Waals surface area contributed by atoms with Gasteiger partial charge < -0.3 is 9.80 Å². The van der Waals surface area contributed by atoms with E-state index in [0.717, 1.165) is 23.5 Å². The van der Waals surface area contributed by atoms with Crippen LogP contribution in [0.25, 0.3) is 11.8 Å². The van der Waals surface area contributed by atoms with Gasteiger partial charge in [-0.3, -0.25) is 0 Å². The topological polar surface area (TPSA) is 6.48 Å². The van der Waals surface area contributed by atoms with Gasteiger partial charge in [0.05, 0.1) is 0 Å². The first-order valence-electron chi connectivity index (χ1n) is 8.20. The summed E-state index contributed by atoms with van der Waals surface area (Å²) < 4.78 is 0. The van der Waals surface area contributed by atoms with Crippen molar-refractivity contribution >= 4 is 23.1 Å². The lowest BCUT2D eigenvalue weighted by Gasteiger charge is -2.25. The summed E-state index contributed by atoms with van der Waals surface area (Å²) in [5, 5.41) is 0. The molecule has 2 rings (SSSR count). The minimum absolute atomic E-state index is 0.959. The lowest BCUT2D eigenvalue weighted by Crippen LogP contribution is -2.18. The summed E-state index contributed by atoms with van der Waals surface area (Å²) in [7, 11) is 4.15. The van der Waals surface area contributed by atoms with Gasteiger partial charge in [0.1, 0.15) is 0 Å². The first kappa shape index (κ1) is 17.6. The van der Waals surface area contributed by atoms with Gasteiger partial charge in [-0.25, -0.2) is 0 Å². The van der Waals surface area contributed by atoms with Gasteiger partial charge in [0, 0.05) is 37.7 Å². The van der Waals surface area contributed by atoms with E-state index in [0.29, 0.717) is 0 Å². The molecule has 124 valence electrons. The quantitative estimate of drug-likeness (QED) is 0.626. The molecule has 2 heteroatoms. The van der Waals surface area contributed by atoms with Crippen molar-refractivity contribution in [3.05, 3.63) is 85.0 Å². The highest BCUT2D eigenvalue weighted by molar-refractivity contribution is 5.80. The fourth-order valence-corrected chi connectivity index (χ4v) is 2.55. The molecule has 0 saturated heterocycles. The van der Waals surface area contributed by atoms with Crippen LogP contribution in [0.15, 0.2) is 73.8 Å². The summed E-state index contributed by atoms with van der Waals surface area (Å²) in [4.78, 5) is 4.36. The van der Waals surface area contributed by atoms with Crippen molar-refractivity contribution in [3.8, 4) is 0 Å². The molecule has 0 N–H and O–H groups in total. The highest BCUT2D eigenvalue weighted by atomic mass is 15.1. The Balaban J connectivity index is 2.38. The SMILES string of the molecule is C=C/C=C\c1cc(N(C)C(=C)c2ccccc2)ccc1N(C)CC. The van der Waals surface area contributed by atoms with Gasteiger partial charge in [-0.15, -0.1) is 0 Å². The molecule has 0 aliphatic rings. The average Bonchev–Trinajstić information content (AvgIpc) is 2.65. The van der Waals surface area contributed by atoms with E-state index < -0.39 is 0 Å². The Kier molecular flexibility index (Phi) is 6.02. The maximum atomic E-state index is 4.25. The van der Waals surface area contributed by atoms with Crippen LogP contribution in [0.1, 0.15) is 18.1 Å². The molecule has 0 aliphatic heterocycles. The van der Waals surface area contributed by atoms with Crippen LogP contribution >= 0.6 is 0 Å². The van der Waals surface area contributed by atoms with Crippen LogP contribution in [0.2, 0.25) is 0 Å². The number of rotatable bonds is 7. The third kappa shape index (κ3) is 3.96. The molecule has 2 nitrogen and oxygen atoms in total. The molecule has 0 saturated carbocycles. The van der Waals surface area contributed by atoms with Crippen molar-refractivity contribution in [2.45, 2.75) is 6.92 Å². The molecule has 0 unspecified atom stereocenters. The van der Waals surface area contributed by atoms with Crippen molar-refractivity contribution in [3.63, 3.8) is 0 Å². The molecule has 0 radical (unpaired) electrons. The van der Waals surface area contributed by atoms with Crippen LogP contribution in [0.5, 0.6) is 0 Å². The first-order chi connectivity index (χ1) is 11.6. The number of nitrogens with zero attached hydrogens (tertiary/aromatic N) is 2. The second kappa shape index (κ2) is 8.21. The van der Waals surface area contributed by atoms with Gasteiger partial charge in [-0.1, -0.05) is 61.7 Å². The van der Waals surface area contributed by atoms with Gasteiger partial charge in [-0.05, 0) is 36.2 Å². The van der Waals surface area contributed by atoms with E-state index in [2.05, 4.69) is 80.4 Å². The lowest BCUT2D eigenvalue weighted by atomic mass is 10.1. The highest BCUT2D eigenvalue weighted by Gasteiger charge is 2.11. The lowest BCUT2D eigenvalue weighted by molar-refractivity contribution is 0.966. The van der Waals surface area contributed by atoms with E-state index in [1.807, 2.05) is 24.3 Å². The molecule has 0 aromatic heterocycles. The zero-order chi connectivity index (χ0) is 17.5. The zero-order valence-electron chi connectivity index (χ0n) is 14.9. The number of allylic oxidation sites excluding steroid dienone is 2. The minimum Gasteiger partial charge on any atom is -0.374 e. The monoisotopic (exact) mass is 318 g/mol. The van der Waals surface area contributed by atoms with Crippen LogP contribution in [0, 0.1) is 0 Å². The summed E-state index contributed by atoms with van der Waals surface area (Å²) in [5.41, 5.74) is 5.59. The van der Waals surface area contributed by atoms with Crippen molar-refractivity contribution < 1.29 is 0 Å². The Morgan fingerprint density at radius 2 is 1.79 bits per heavy atom. The second-order valence-electron chi connectivity index (χ2n) is 5.72. The van der Waals surface area contributed by atoms with Gasteiger partial charge in [0.2, 0.25) is 0 Å². The van der Waals surface area contributed by atoms with Crippen molar-refractivity contribution in [2.75, 3.05) is 30.4 Å². The summed E-state index contributed by atoms with van der Waals surface area (Å²) >= 11 is 0. The van der Waals surface area contributed by atoms with Gasteiger partial charge in [0.25, 0.3) is 0 Å². The number of benzene rings is 2. The molecule has 0 spiro atoms. The largest absolute Gasteiger partial charge is 0.374 e. The number of hydrogen-bond donors (Lipinski definition) is 0. The Morgan fingerprint density at radius 3 is 2.42 bits per heavy atom. The molecule has 0 heterocycles. The number of anilines is 2. The van der Waals surface area contributed by atoms with Crippen LogP contribution in [0.3, 0.4) is 0 Å². The van der Waals surface area contributed by atoms with E-state index in [1.54, 1.807) is 6.08 Å². The second-order valence-corrected chi connectivity index (χ2v) is 5.72. The molecule has 2 aromatic rings. The Hall–Kier alpha value is -2.74. The average molecular weight is 318 g/mol.